The normalized spacial score (nSPS) is 17.9. The maximum Gasteiger partial charge on any atom is 0.318 e. The van der Waals surface area contributed by atoms with Crippen LogP contribution in [0.3, 0.4) is 0 Å². The van der Waals surface area contributed by atoms with E-state index in [4.69, 9.17) is 0 Å². The molecule has 16 nitrogen and oxygen atoms in total. The summed E-state index contributed by atoms with van der Waals surface area (Å²) >= 11 is 0. The highest BCUT2D eigenvalue weighted by molar-refractivity contribution is 5.88. The summed E-state index contributed by atoms with van der Waals surface area (Å²) in [7, 11) is 0. The highest BCUT2D eigenvalue weighted by Crippen LogP contribution is 2.35. The van der Waals surface area contributed by atoms with Gasteiger partial charge in [-0.25, -0.2) is 0 Å². The van der Waals surface area contributed by atoms with Crippen molar-refractivity contribution in [1.29, 1.82) is 0 Å². The van der Waals surface area contributed by atoms with Gasteiger partial charge in [0.1, 0.15) is 0 Å². The van der Waals surface area contributed by atoms with E-state index in [1.165, 1.54) is 0 Å². The molecule has 0 radical (unpaired) electrons. The Morgan fingerprint density at radius 3 is 1.33 bits per heavy atom. The molecule has 188 valence electrons. The van der Waals surface area contributed by atoms with E-state index >= 15 is 0 Å². The lowest BCUT2D eigenvalue weighted by atomic mass is 9.91. The molecule has 0 aliphatic heterocycles. The highest BCUT2D eigenvalue weighted by atomic mass is 16.6. The molecule has 1 saturated carbocycles. The first-order chi connectivity index (χ1) is 17.0. The van der Waals surface area contributed by atoms with Crippen LogP contribution in [0.4, 0.5) is 22.7 Å². The fourth-order valence-electron chi connectivity index (χ4n) is 3.73. The van der Waals surface area contributed by atoms with Crippen LogP contribution in [0.25, 0.3) is 0 Å². The van der Waals surface area contributed by atoms with Crippen LogP contribution in [0.2, 0.25) is 0 Å². The van der Waals surface area contributed by atoms with Crippen molar-refractivity contribution in [2.24, 2.45) is 9.98 Å². The number of hydrogen-bond donors (Lipinski definition) is 2. The van der Waals surface area contributed by atoms with Gasteiger partial charge in [0.15, 0.2) is 0 Å². The lowest BCUT2D eigenvalue weighted by Crippen LogP contribution is -2.27. The van der Waals surface area contributed by atoms with Gasteiger partial charge in [-0.15, -0.1) is 0 Å². The van der Waals surface area contributed by atoms with Crippen molar-refractivity contribution in [1.82, 2.24) is 0 Å². The number of nitro groups is 4. The second-order valence-corrected chi connectivity index (χ2v) is 7.81. The number of phenolic OH excluding ortho intramolecular Hbond substituents is 2. The molecular weight excluding hydrogens is 484 g/mol. The highest BCUT2D eigenvalue weighted by Gasteiger charge is 2.27. The van der Waals surface area contributed by atoms with E-state index in [0.29, 0.717) is 25.0 Å². The van der Waals surface area contributed by atoms with E-state index in [-0.39, 0.29) is 11.1 Å². The minimum atomic E-state index is -0.960. The second kappa shape index (κ2) is 10.5. The predicted molar refractivity (Wildman–Crippen MR) is 124 cm³/mol. The van der Waals surface area contributed by atoms with Crippen LogP contribution >= 0.6 is 0 Å². The van der Waals surface area contributed by atoms with Crippen molar-refractivity contribution < 1.29 is 29.9 Å². The SMILES string of the molecule is O=[N+]([O-])c1cc(C=NC2CCCC[C@@H]2N=Cc2cc([N+](=O)[O-])cc([N+](=O)[O-])c2O)c(O)c([N+](=O)[O-])c1. The van der Waals surface area contributed by atoms with Crippen molar-refractivity contribution in [3.63, 3.8) is 0 Å². The Labute approximate surface area is 200 Å². The van der Waals surface area contributed by atoms with E-state index in [2.05, 4.69) is 9.98 Å². The molecule has 1 aliphatic rings. The lowest BCUT2D eigenvalue weighted by molar-refractivity contribution is -0.395. The number of aromatic hydroxyl groups is 2. The van der Waals surface area contributed by atoms with Crippen LogP contribution in [0.15, 0.2) is 34.3 Å². The third-order valence-electron chi connectivity index (χ3n) is 5.53. The minimum Gasteiger partial charge on any atom is -0.502 e. The molecule has 1 fully saturated rings. The van der Waals surface area contributed by atoms with E-state index in [1.54, 1.807) is 0 Å². The molecule has 3 rings (SSSR count). The monoisotopic (exact) mass is 502 g/mol. The fraction of sp³-hybridized carbons (Fsp3) is 0.300. The first-order valence-electron chi connectivity index (χ1n) is 10.4. The van der Waals surface area contributed by atoms with Gasteiger partial charge in [0, 0.05) is 35.7 Å². The van der Waals surface area contributed by atoms with Gasteiger partial charge >= 0.3 is 11.4 Å². The molecule has 0 heterocycles. The van der Waals surface area contributed by atoms with Crippen LogP contribution in [0.1, 0.15) is 36.8 Å². The molecule has 2 aromatic rings. The molecule has 0 bridgehead atoms. The fourth-order valence-corrected chi connectivity index (χ4v) is 3.73. The Balaban J connectivity index is 1.94. The Kier molecular flexibility index (Phi) is 7.46. The van der Waals surface area contributed by atoms with Crippen molar-refractivity contribution in [2.75, 3.05) is 0 Å². The number of nitrogens with zero attached hydrogens (tertiary/aromatic N) is 6. The van der Waals surface area contributed by atoms with Crippen molar-refractivity contribution >= 4 is 35.2 Å². The van der Waals surface area contributed by atoms with Crippen LogP contribution < -0.4 is 0 Å². The average Bonchev–Trinajstić information content (AvgIpc) is 2.82. The Morgan fingerprint density at radius 1 is 0.667 bits per heavy atom. The van der Waals surface area contributed by atoms with Gasteiger partial charge in [-0.3, -0.25) is 50.4 Å². The van der Waals surface area contributed by atoms with E-state index in [0.717, 1.165) is 37.4 Å². The zero-order chi connectivity index (χ0) is 26.6. The van der Waals surface area contributed by atoms with Gasteiger partial charge in [0.05, 0.1) is 43.9 Å². The van der Waals surface area contributed by atoms with E-state index < -0.39 is 66.0 Å². The number of aliphatic imine (C=N–C) groups is 2. The summed E-state index contributed by atoms with van der Waals surface area (Å²) in [5.41, 5.74) is -3.41. The van der Waals surface area contributed by atoms with E-state index in [9.17, 15) is 50.7 Å². The molecule has 0 saturated heterocycles. The first kappa shape index (κ1) is 25.6. The molecule has 0 aromatic heterocycles. The van der Waals surface area contributed by atoms with Crippen LogP contribution in [0.5, 0.6) is 11.5 Å². The summed E-state index contributed by atoms with van der Waals surface area (Å²) in [4.78, 5) is 49.5. The molecule has 0 spiro atoms. The quantitative estimate of drug-likeness (QED) is 0.302. The average molecular weight is 502 g/mol. The molecule has 2 atom stereocenters. The summed E-state index contributed by atoms with van der Waals surface area (Å²) < 4.78 is 0. The van der Waals surface area contributed by atoms with Gasteiger partial charge in [0.25, 0.3) is 11.4 Å². The van der Waals surface area contributed by atoms with Crippen molar-refractivity contribution in [2.45, 2.75) is 37.8 Å². The van der Waals surface area contributed by atoms with Gasteiger partial charge in [-0.05, 0) is 12.8 Å². The second-order valence-electron chi connectivity index (χ2n) is 7.81. The van der Waals surface area contributed by atoms with Gasteiger partial charge < -0.3 is 10.2 Å². The molecule has 2 N–H and O–H groups in total. The van der Waals surface area contributed by atoms with Crippen molar-refractivity contribution in [3.8, 4) is 11.5 Å². The van der Waals surface area contributed by atoms with Crippen LogP contribution in [-0.2, 0) is 0 Å². The number of hydrogen-bond acceptors (Lipinski definition) is 12. The maximum atomic E-state index is 11.1. The Bertz CT molecular complexity index is 1210. The Hall–Kier alpha value is -5.02. The number of phenols is 2. The topological polar surface area (TPSA) is 238 Å². The lowest BCUT2D eigenvalue weighted by Gasteiger charge is -2.25. The summed E-state index contributed by atoms with van der Waals surface area (Å²) in [6.07, 6.45) is 4.62. The standard InChI is InChI=1S/C20H18N6O10/c27-19-11(5-13(23(29)30)7-17(19)25(33)34)9-21-15-3-1-2-4-16(15)22-10-12-6-14(24(31)32)8-18(20(12)28)26(35)36/h5-10,15-16,27-28H,1-4H2/t15-,16?/m0/s1. The zero-order valence-electron chi connectivity index (χ0n) is 18.3. The summed E-state index contributed by atoms with van der Waals surface area (Å²) in [5, 5.41) is 64.8. The van der Waals surface area contributed by atoms with Gasteiger partial charge in [-0.2, -0.15) is 0 Å². The molecule has 1 aliphatic carbocycles. The van der Waals surface area contributed by atoms with E-state index in [1.807, 2.05) is 0 Å². The van der Waals surface area contributed by atoms with Crippen molar-refractivity contribution in [3.05, 3.63) is 75.8 Å². The predicted octanol–water partition coefficient (Wildman–Crippen LogP) is 3.58. The number of nitro benzene ring substituents is 4. The summed E-state index contributed by atoms with van der Waals surface area (Å²) in [5.74, 6) is -1.59. The zero-order valence-corrected chi connectivity index (χ0v) is 18.3. The molecule has 0 amide bonds. The largest absolute Gasteiger partial charge is 0.502 e. The van der Waals surface area contributed by atoms with Crippen LogP contribution in [-0.4, -0.2) is 54.4 Å². The van der Waals surface area contributed by atoms with Gasteiger partial charge in [-0.1, -0.05) is 12.8 Å². The number of non-ortho nitro benzene ring substituents is 2. The van der Waals surface area contributed by atoms with Gasteiger partial charge in [0.2, 0.25) is 11.5 Å². The third-order valence-corrected chi connectivity index (χ3v) is 5.53. The molecule has 36 heavy (non-hydrogen) atoms. The number of benzene rings is 2. The summed E-state index contributed by atoms with van der Waals surface area (Å²) in [6, 6.07) is 2.06. The summed E-state index contributed by atoms with van der Waals surface area (Å²) in [6.45, 7) is 0. The molecule has 2 aromatic carbocycles. The molecular formula is C20H18N6O10. The molecule has 1 unspecified atom stereocenters. The third kappa shape index (κ3) is 5.54. The number of rotatable bonds is 8. The Morgan fingerprint density at radius 2 is 1.03 bits per heavy atom. The minimum absolute atomic E-state index is 0.240. The molecule has 16 heteroatoms. The first-order valence-corrected chi connectivity index (χ1v) is 10.4. The van der Waals surface area contributed by atoms with Crippen LogP contribution in [0, 0.1) is 40.5 Å². The smallest absolute Gasteiger partial charge is 0.318 e. The maximum absolute atomic E-state index is 11.1.